The summed E-state index contributed by atoms with van der Waals surface area (Å²) in [5.41, 5.74) is 2.46. The second-order valence-corrected chi connectivity index (χ2v) is 9.54. The van der Waals surface area contributed by atoms with Gasteiger partial charge >= 0.3 is 0 Å². The number of benzene rings is 3. The molecule has 2 heterocycles. The quantitative estimate of drug-likeness (QED) is 0.484. The van der Waals surface area contributed by atoms with E-state index in [1.54, 1.807) is 30.3 Å². The van der Waals surface area contributed by atoms with E-state index in [1.165, 1.54) is 16.4 Å². The Balaban J connectivity index is 1.35. The van der Waals surface area contributed by atoms with E-state index >= 15 is 0 Å². The largest absolute Gasteiger partial charge is 0.379 e. The monoisotopic (exact) mass is 463 g/mol. The molecule has 1 fully saturated rings. The van der Waals surface area contributed by atoms with E-state index in [4.69, 9.17) is 9.26 Å². The van der Waals surface area contributed by atoms with Crippen molar-refractivity contribution in [2.75, 3.05) is 31.6 Å². The van der Waals surface area contributed by atoms with Crippen LogP contribution in [0.1, 0.15) is 10.4 Å². The molecule has 0 saturated carbocycles. The van der Waals surface area contributed by atoms with E-state index in [0.717, 1.165) is 10.9 Å². The summed E-state index contributed by atoms with van der Waals surface area (Å²) in [6.45, 7) is 1.43. The maximum absolute atomic E-state index is 12.9. The number of carbonyl (C=O) groups excluding carboxylic acids is 1. The summed E-state index contributed by atoms with van der Waals surface area (Å²) in [5, 5.41) is 7.63. The highest BCUT2D eigenvalue weighted by Crippen LogP contribution is 2.29. The van der Waals surface area contributed by atoms with Gasteiger partial charge in [0, 0.05) is 29.9 Å². The lowest BCUT2D eigenvalue weighted by Crippen LogP contribution is -2.40. The zero-order chi connectivity index (χ0) is 22.8. The number of rotatable bonds is 5. The van der Waals surface area contributed by atoms with Gasteiger partial charge < -0.3 is 14.6 Å². The van der Waals surface area contributed by atoms with Crippen molar-refractivity contribution in [3.8, 4) is 11.3 Å². The summed E-state index contributed by atoms with van der Waals surface area (Å²) in [7, 11) is -3.59. The smallest absolute Gasteiger partial charge is 0.255 e. The molecule has 0 aliphatic carbocycles. The van der Waals surface area contributed by atoms with Crippen LogP contribution in [0.5, 0.6) is 0 Å². The Kier molecular flexibility index (Phi) is 5.67. The van der Waals surface area contributed by atoms with Crippen LogP contribution < -0.4 is 5.32 Å². The highest BCUT2D eigenvalue weighted by atomic mass is 32.2. The van der Waals surface area contributed by atoms with Gasteiger partial charge in [0.1, 0.15) is 5.52 Å². The summed E-state index contributed by atoms with van der Waals surface area (Å²) in [6.07, 6.45) is 0. The first-order chi connectivity index (χ1) is 16.0. The van der Waals surface area contributed by atoms with Gasteiger partial charge in [0.25, 0.3) is 5.91 Å². The summed E-state index contributed by atoms with van der Waals surface area (Å²) < 4.78 is 37.6. The lowest BCUT2D eigenvalue weighted by Gasteiger charge is -2.26. The lowest BCUT2D eigenvalue weighted by atomic mass is 10.1. The molecule has 1 aromatic heterocycles. The van der Waals surface area contributed by atoms with Gasteiger partial charge in [-0.3, -0.25) is 4.79 Å². The number of nitrogens with zero attached hydrogens (tertiary/aromatic N) is 2. The van der Waals surface area contributed by atoms with E-state index in [2.05, 4.69) is 10.5 Å². The molecule has 33 heavy (non-hydrogen) atoms. The Bertz CT molecular complexity index is 1390. The molecule has 1 amide bonds. The first kappa shape index (κ1) is 21.3. The zero-order valence-corrected chi connectivity index (χ0v) is 18.4. The molecule has 0 bridgehead atoms. The second kappa shape index (κ2) is 8.78. The highest BCUT2D eigenvalue weighted by Gasteiger charge is 2.26. The Hall–Kier alpha value is -3.53. The van der Waals surface area contributed by atoms with Crippen LogP contribution in [0.3, 0.4) is 0 Å². The van der Waals surface area contributed by atoms with Crippen molar-refractivity contribution < 1.29 is 22.5 Å². The van der Waals surface area contributed by atoms with Crippen molar-refractivity contribution in [3.05, 3.63) is 78.4 Å². The zero-order valence-electron chi connectivity index (χ0n) is 17.6. The SMILES string of the molecule is O=C(Nc1ccc(S(=O)(=O)N2CCOCC2)cc1)c1ccc2noc(-c3ccccc3)c2c1. The fraction of sp³-hybridized carbons (Fsp3) is 0.167. The molecule has 4 aromatic rings. The first-order valence-corrected chi connectivity index (χ1v) is 11.9. The van der Waals surface area contributed by atoms with Crippen molar-refractivity contribution in [2.24, 2.45) is 0 Å². The van der Waals surface area contributed by atoms with E-state index in [1.807, 2.05) is 30.3 Å². The number of nitrogens with one attached hydrogen (secondary N) is 1. The Morgan fingerprint density at radius 2 is 1.67 bits per heavy atom. The third-order valence-corrected chi connectivity index (χ3v) is 7.41. The van der Waals surface area contributed by atoms with Gasteiger partial charge in [-0.1, -0.05) is 35.5 Å². The number of sulfonamides is 1. The van der Waals surface area contributed by atoms with Crippen LogP contribution in [-0.2, 0) is 14.8 Å². The van der Waals surface area contributed by atoms with E-state index in [0.29, 0.717) is 48.8 Å². The van der Waals surface area contributed by atoms with Crippen molar-refractivity contribution in [2.45, 2.75) is 4.90 Å². The van der Waals surface area contributed by atoms with Gasteiger partial charge in [-0.25, -0.2) is 8.42 Å². The van der Waals surface area contributed by atoms with Crippen LogP contribution in [0.4, 0.5) is 5.69 Å². The van der Waals surface area contributed by atoms with E-state index < -0.39 is 10.0 Å². The lowest BCUT2D eigenvalue weighted by molar-refractivity contribution is 0.0730. The van der Waals surface area contributed by atoms with Gasteiger partial charge in [-0.15, -0.1) is 0 Å². The molecule has 1 saturated heterocycles. The van der Waals surface area contributed by atoms with Gasteiger partial charge in [-0.2, -0.15) is 4.31 Å². The van der Waals surface area contributed by atoms with Crippen LogP contribution in [0.25, 0.3) is 22.2 Å². The molecule has 0 spiro atoms. The fourth-order valence-corrected chi connectivity index (χ4v) is 5.14. The van der Waals surface area contributed by atoms with Crippen molar-refractivity contribution >= 4 is 32.5 Å². The minimum atomic E-state index is -3.59. The standard InChI is InChI=1S/C24H21N3O5S/c28-24(18-6-11-22-21(16-18)23(32-26-22)17-4-2-1-3-5-17)25-19-7-9-20(10-8-19)33(29,30)27-12-14-31-15-13-27/h1-11,16H,12-15H2,(H,25,28). The van der Waals surface area contributed by atoms with E-state index in [-0.39, 0.29) is 10.8 Å². The topological polar surface area (TPSA) is 102 Å². The third kappa shape index (κ3) is 4.25. The number of ether oxygens (including phenoxy) is 1. The fourth-order valence-electron chi connectivity index (χ4n) is 3.73. The second-order valence-electron chi connectivity index (χ2n) is 7.60. The molecule has 1 aliphatic heterocycles. The van der Waals surface area contributed by atoms with Gasteiger partial charge in [0.05, 0.1) is 23.5 Å². The molecule has 9 heteroatoms. The average Bonchev–Trinajstić information content (AvgIpc) is 3.29. The predicted molar refractivity (Wildman–Crippen MR) is 123 cm³/mol. The number of amides is 1. The number of hydrogen-bond donors (Lipinski definition) is 1. The summed E-state index contributed by atoms with van der Waals surface area (Å²) >= 11 is 0. The molecule has 0 radical (unpaired) electrons. The van der Waals surface area contributed by atoms with Crippen LogP contribution in [0.2, 0.25) is 0 Å². The number of anilines is 1. The third-order valence-electron chi connectivity index (χ3n) is 5.49. The molecule has 0 atom stereocenters. The number of carbonyl (C=O) groups is 1. The molecule has 5 rings (SSSR count). The van der Waals surface area contributed by atoms with E-state index in [9.17, 15) is 13.2 Å². The normalized spacial score (nSPS) is 14.9. The van der Waals surface area contributed by atoms with Gasteiger partial charge in [0.2, 0.25) is 10.0 Å². The number of aromatic nitrogens is 1. The maximum Gasteiger partial charge on any atom is 0.255 e. The van der Waals surface area contributed by atoms with Crippen LogP contribution in [-0.4, -0.2) is 50.1 Å². The minimum absolute atomic E-state index is 0.181. The Morgan fingerprint density at radius 3 is 2.39 bits per heavy atom. The Labute approximate surface area is 190 Å². The molecule has 1 N–H and O–H groups in total. The van der Waals surface area contributed by atoms with Crippen molar-refractivity contribution in [3.63, 3.8) is 0 Å². The van der Waals surface area contributed by atoms with Crippen LogP contribution >= 0.6 is 0 Å². The number of fused-ring (bicyclic) bond motifs is 1. The van der Waals surface area contributed by atoms with Gasteiger partial charge in [0.15, 0.2) is 5.76 Å². The van der Waals surface area contributed by atoms with Crippen LogP contribution in [0, 0.1) is 0 Å². The summed E-state index contributed by atoms with van der Waals surface area (Å²) in [4.78, 5) is 13.0. The van der Waals surface area contributed by atoms with Crippen LogP contribution in [0.15, 0.2) is 82.2 Å². The number of hydrogen-bond acceptors (Lipinski definition) is 6. The molecular weight excluding hydrogens is 442 g/mol. The molecule has 8 nitrogen and oxygen atoms in total. The average molecular weight is 464 g/mol. The predicted octanol–water partition coefficient (Wildman–Crippen LogP) is 3.77. The molecular formula is C24H21N3O5S. The first-order valence-electron chi connectivity index (χ1n) is 10.5. The molecule has 0 unspecified atom stereocenters. The molecule has 3 aromatic carbocycles. The van der Waals surface area contributed by atoms with Crippen molar-refractivity contribution in [1.82, 2.24) is 9.46 Å². The van der Waals surface area contributed by atoms with Gasteiger partial charge in [-0.05, 0) is 42.5 Å². The Morgan fingerprint density at radius 1 is 0.939 bits per heavy atom. The summed E-state index contributed by atoms with van der Waals surface area (Å²) in [6, 6.07) is 20.9. The minimum Gasteiger partial charge on any atom is -0.379 e. The number of morpholine rings is 1. The summed E-state index contributed by atoms with van der Waals surface area (Å²) in [5.74, 6) is 0.277. The van der Waals surface area contributed by atoms with Crippen molar-refractivity contribution in [1.29, 1.82) is 0 Å². The maximum atomic E-state index is 12.9. The molecule has 1 aliphatic rings. The highest BCUT2D eigenvalue weighted by molar-refractivity contribution is 7.89. The molecule has 168 valence electrons.